The van der Waals surface area contributed by atoms with Gasteiger partial charge in [-0.1, -0.05) is 62.4 Å². The van der Waals surface area contributed by atoms with E-state index < -0.39 is 30.6 Å². The number of aromatic amines is 2. The molecule has 2 heterocycles. The SMILES string of the molecule is CCC(=O)N(Cc1ncc(-c2ccc(-c3ccc(-c4cnc(CN(C)CC(C)(F)F)[nH]4)cc3)cc2)[nH]1)CC(C)(F)F.CCC=O.COC(N)=O.COC(N)=O. The highest BCUT2D eigenvalue weighted by atomic mass is 19.3. The van der Waals surface area contributed by atoms with Crippen molar-refractivity contribution in [2.45, 2.75) is 65.5 Å². The monoisotopic (exact) mass is 778 g/mol. The highest BCUT2D eigenvalue weighted by Gasteiger charge is 2.28. The van der Waals surface area contributed by atoms with Gasteiger partial charge in [0.15, 0.2) is 0 Å². The molecule has 0 saturated heterocycles. The second-order valence-corrected chi connectivity index (χ2v) is 12.2. The van der Waals surface area contributed by atoms with Gasteiger partial charge in [-0.2, -0.15) is 0 Å². The van der Waals surface area contributed by atoms with E-state index in [1.165, 1.54) is 19.1 Å². The highest BCUT2D eigenvalue weighted by Crippen LogP contribution is 2.27. The molecule has 55 heavy (non-hydrogen) atoms. The largest absolute Gasteiger partial charge is 0.453 e. The first-order chi connectivity index (χ1) is 25.7. The number of aldehydes is 1. The van der Waals surface area contributed by atoms with Crippen LogP contribution in [0.4, 0.5) is 27.2 Å². The Labute approximate surface area is 317 Å². The average Bonchev–Trinajstić information content (AvgIpc) is 3.80. The Morgan fingerprint density at radius 2 is 1.07 bits per heavy atom. The predicted octanol–water partition coefficient (Wildman–Crippen LogP) is 6.63. The van der Waals surface area contributed by atoms with Crippen LogP contribution in [-0.4, -0.2) is 100 Å². The fraction of sp³-hybridized carbons (Fsp3) is 0.405. The molecule has 4 aromatic rings. The number of carbonyl (C=O) groups excluding carboxylic acids is 4. The van der Waals surface area contributed by atoms with Gasteiger partial charge in [0, 0.05) is 26.7 Å². The van der Waals surface area contributed by atoms with Gasteiger partial charge in [0.2, 0.25) is 5.91 Å². The van der Waals surface area contributed by atoms with Crippen molar-refractivity contribution in [3.05, 3.63) is 72.6 Å². The molecule has 0 saturated carbocycles. The van der Waals surface area contributed by atoms with Crippen LogP contribution in [0.25, 0.3) is 33.6 Å². The molecule has 0 atom stereocenters. The van der Waals surface area contributed by atoms with Crippen LogP contribution in [-0.2, 0) is 32.2 Å². The molecule has 0 aliphatic rings. The minimum absolute atomic E-state index is 0.0241. The van der Waals surface area contributed by atoms with Crippen LogP contribution in [0.5, 0.6) is 0 Å². The summed E-state index contributed by atoms with van der Waals surface area (Å²) in [4.78, 5) is 57.6. The number of primary amides is 2. The van der Waals surface area contributed by atoms with Gasteiger partial charge < -0.3 is 40.6 Å². The van der Waals surface area contributed by atoms with Crippen molar-refractivity contribution in [1.82, 2.24) is 29.7 Å². The van der Waals surface area contributed by atoms with Crippen LogP contribution in [0, 0.1) is 0 Å². The zero-order chi connectivity index (χ0) is 41.8. The molecule has 3 amide bonds. The number of nitrogens with two attached hydrogens (primary N) is 2. The molecule has 302 valence electrons. The Hall–Kier alpha value is -5.78. The molecule has 14 nitrogen and oxygen atoms in total. The van der Waals surface area contributed by atoms with Crippen LogP contribution in [0.1, 0.15) is 52.2 Å². The van der Waals surface area contributed by atoms with E-state index in [1.54, 1.807) is 26.4 Å². The third-order valence-corrected chi connectivity index (χ3v) is 6.98. The number of halogens is 4. The molecule has 2 aromatic carbocycles. The summed E-state index contributed by atoms with van der Waals surface area (Å²) in [7, 11) is 4.08. The van der Waals surface area contributed by atoms with Gasteiger partial charge in [0.05, 0.1) is 64.2 Å². The van der Waals surface area contributed by atoms with Crippen molar-refractivity contribution in [1.29, 1.82) is 0 Å². The fourth-order valence-electron chi connectivity index (χ4n) is 4.62. The number of rotatable bonds is 13. The lowest BCUT2D eigenvalue weighted by Crippen LogP contribution is -2.38. The standard InChI is InChI=1S/C30H34F4N6O.C3H6O.2C2H5NO2/c1-5-28(41)40(19-30(3,33)34)17-27-36-15-25(38-27)23-12-8-21(9-13-23)20-6-10-22(11-7-20)24-14-35-26(37-24)16-39(4)18-29(2,31)32;1-2-3-4;2*1-5-2(3)4/h6-15H,5,16-19H2,1-4H3,(H,35,37)(H,36,38);3H,2H2,1H3;2*1H3,(H2,3,4). The van der Waals surface area contributed by atoms with Crippen LogP contribution in [0.15, 0.2) is 60.9 Å². The van der Waals surface area contributed by atoms with Gasteiger partial charge in [-0.3, -0.25) is 9.69 Å². The van der Waals surface area contributed by atoms with Crippen molar-refractivity contribution < 1.29 is 46.2 Å². The van der Waals surface area contributed by atoms with Crippen molar-refractivity contribution in [2.75, 3.05) is 34.4 Å². The molecule has 6 N–H and O–H groups in total. The van der Waals surface area contributed by atoms with Crippen LogP contribution in [0.2, 0.25) is 0 Å². The third kappa shape index (κ3) is 19.2. The maximum absolute atomic E-state index is 13.6. The molecule has 4 rings (SSSR count). The number of nitrogens with zero attached hydrogens (tertiary/aromatic N) is 4. The zero-order valence-electron chi connectivity index (χ0n) is 32.0. The number of nitrogens with one attached hydrogen (secondary N) is 2. The molecule has 0 radical (unpaired) electrons. The predicted molar refractivity (Wildman–Crippen MR) is 200 cm³/mol. The summed E-state index contributed by atoms with van der Waals surface area (Å²) in [6.07, 6.45) is 3.48. The highest BCUT2D eigenvalue weighted by molar-refractivity contribution is 5.76. The maximum atomic E-state index is 13.6. The van der Waals surface area contributed by atoms with E-state index in [2.05, 4.69) is 40.9 Å². The molecular formula is C37H50F4N8O6. The molecule has 0 spiro atoms. The second-order valence-electron chi connectivity index (χ2n) is 12.2. The first-order valence-corrected chi connectivity index (χ1v) is 16.9. The van der Waals surface area contributed by atoms with E-state index in [4.69, 9.17) is 0 Å². The summed E-state index contributed by atoms with van der Waals surface area (Å²) in [5, 5.41) is 0. The van der Waals surface area contributed by atoms with E-state index in [0.29, 0.717) is 18.1 Å². The third-order valence-electron chi connectivity index (χ3n) is 6.98. The number of methoxy groups -OCH3 is 2. The summed E-state index contributed by atoms with van der Waals surface area (Å²) >= 11 is 0. The Kier molecular flexibility index (Phi) is 19.8. The van der Waals surface area contributed by atoms with Gasteiger partial charge in [0.1, 0.15) is 17.9 Å². The minimum Gasteiger partial charge on any atom is -0.453 e. The molecule has 18 heteroatoms. The number of imidazole rings is 2. The number of carbonyl (C=O) groups is 4. The number of ether oxygens (including phenoxy) is 2. The van der Waals surface area contributed by atoms with E-state index in [-0.39, 0.29) is 32.0 Å². The van der Waals surface area contributed by atoms with Crippen molar-refractivity contribution in [2.24, 2.45) is 11.5 Å². The van der Waals surface area contributed by atoms with E-state index in [0.717, 1.165) is 58.7 Å². The van der Waals surface area contributed by atoms with E-state index >= 15 is 0 Å². The smallest absolute Gasteiger partial charge is 0.404 e. The maximum Gasteiger partial charge on any atom is 0.404 e. The quantitative estimate of drug-likeness (QED) is 0.0848. The summed E-state index contributed by atoms with van der Waals surface area (Å²) < 4.78 is 61.4. The number of alkyl halides is 4. The Morgan fingerprint density at radius 1 is 0.727 bits per heavy atom. The first-order valence-electron chi connectivity index (χ1n) is 16.9. The van der Waals surface area contributed by atoms with Crippen LogP contribution < -0.4 is 11.5 Å². The normalized spacial score (nSPS) is 10.8. The Morgan fingerprint density at radius 3 is 1.38 bits per heavy atom. The Balaban J connectivity index is 0.000000924. The lowest BCUT2D eigenvalue weighted by atomic mass is 10.0. The lowest BCUT2D eigenvalue weighted by molar-refractivity contribution is -0.136. The number of aromatic nitrogens is 4. The van der Waals surface area contributed by atoms with Crippen molar-refractivity contribution in [3.8, 4) is 33.6 Å². The summed E-state index contributed by atoms with van der Waals surface area (Å²) in [6.45, 7) is 4.39. The summed E-state index contributed by atoms with van der Waals surface area (Å²) in [5.41, 5.74) is 14.2. The molecule has 0 aliphatic carbocycles. The van der Waals surface area contributed by atoms with Crippen molar-refractivity contribution >= 4 is 24.4 Å². The van der Waals surface area contributed by atoms with Crippen LogP contribution in [0.3, 0.4) is 0 Å². The number of amides is 3. The number of hydrogen-bond acceptors (Lipinski definition) is 9. The molecular weight excluding hydrogens is 728 g/mol. The molecule has 0 fully saturated rings. The van der Waals surface area contributed by atoms with E-state index in [9.17, 15) is 36.7 Å². The van der Waals surface area contributed by atoms with Gasteiger partial charge in [-0.05, 0) is 29.3 Å². The van der Waals surface area contributed by atoms with E-state index in [1.807, 2.05) is 55.5 Å². The summed E-state index contributed by atoms with van der Waals surface area (Å²) in [5.74, 6) is -5.08. The number of hydrogen-bond donors (Lipinski definition) is 4. The average molecular weight is 779 g/mol. The molecule has 0 aliphatic heterocycles. The second kappa shape index (κ2) is 23.1. The number of H-pyrrole nitrogens is 2. The van der Waals surface area contributed by atoms with Gasteiger partial charge >= 0.3 is 12.2 Å². The zero-order valence-corrected chi connectivity index (χ0v) is 32.0. The Bertz CT molecular complexity index is 1740. The van der Waals surface area contributed by atoms with Gasteiger partial charge in [-0.25, -0.2) is 37.1 Å². The van der Waals surface area contributed by atoms with Gasteiger partial charge in [0.25, 0.3) is 11.8 Å². The topological polar surface area (TPSA) is 203 Å². The van der Waals surface area contributed by atoms with Crippen LogP contribution >= 0.6 is 0 Å². The fourth-order valence-corrected chi connectivity index (χ4v) is 4.62. The summed E-state index contributed by atoms with van der Waals surface area (Å²) in [6, 6.07) is 15.7. The molecule has 2 aromatic heterocycles. The van der Waals surface area contributed by atoms with Gasteiger partial charge in [-0.15, -0.1) is 0 Å². The van der Waals surface area contributed by atoms with Crippen molar-refractivity contribution in [3.63, 3.8) is 0 Å². The first kappa shape index (κ1) is 47.2. The molecule has 0 bridgehead atoms. The minimum atomic E-state index is -3.00. The number of benzene rings is 2. The molecule has 0 unspecified atom stereocenters. The lowest BCUT2D eigenvalue weighted by Gasteiger charge is -2.24.